The Morgan fingerprint density at radius 3 is 2.72 bits per heavy atom. The van der Waals surface area contributed by atoms with Crippen molar-refractivity contribution in [1.82, 2.24) is 15.4 Å². The second kappa shape index (κ2) is 7.46. The first-order valence-corrected chi connectivity index (χ1v) is 9.41. The number of halogens is 4. The monoisotopic (exact) mass is 407 g/mol. The van der Waals surface area contributed by atoms with Crippen LogP contribution in [0.5, 0.6) is 0 Å². The fourth-order valence-corrected chi connectivity index (χ4v) is 3.87. The summed E-state index contributed by atoms with van der Waals surface area (Å²) in [6, 6.07) is 8.24. The molecule has 2 heterocycles. The lowest BCUT2D eigenvalue weighted by atomic mass is 10.1. The first-order chi connectivity index (χ1) is 13.8. The van der Waals surface area contributed by atoms with E-state index in [0.717, 1.165) is 30.5 Å². The number of alkyl halides is 3. The van der Waals surface area contributed by atoms with Crippen molar-refractivity contribution in [2.75, 3.05) is 10.4 Å². The molecule has 154 valence electrons. The van der Waals surface area contributed by atoms with Gasteiger partial charge in [0.05, 0.1) is 23.3 Å². The van der Waals surface area contributed by atoms with Crippen molar-refractivity contribution in [2.45, 2.75) is 44.4 Å². The Hall–Kier alpha value is -2.97. The van der Waals surface area contributed by atoms with E-state index in [1.807, 2.05) is 53.7 Å². The SMILES string of the molecule is Cc1ccccc1N1NC=CN1C1CCC[C@@H]1Nc1ncc(C(F)(F)F)cc1F. The second-order valence-electron chi connectivity index (χ2n) is 7.22. The van der Waals surface area contributed by atoms with E-state index in [2.05, 4.69) is 15.7 Å². The summed E-state index contributed by atoms with van der Waals surface area (Å²) in [6.45, 7) is 2.01. The summed E-state index contributed by atoms with van der Waals surface area (Å²) in [7, 11) is 0. The maximum Gasteiger partial charge on any atom is 0.417 e. The summed E-state index contributed by atoms with van der Waals surface area (Å²) in [6.07, 6.45) is 2.30. The third-order valence-electron chi connectivity index (χ3n) is 5.31. The van der Waals surface area contributed by atoms with Gasteiger partial charge >= 0.3 is 6.18 Å². The van der Waals surface area contributed by atoms with Crippen molar-refractivity contribution in [1.29, 1.82) is 0 Å². The van der Waals surface area contributed by atoms with E-state index in [1.165, 1.54) is 0 Å². The fourth-order valence-electron chi connectivity index (χ4n) is 3.87. The molecule has 1 saturated carbocycles. The molecule has 0 radical (unpaired) electrons. The molecule has 9 heteroatoms. The van der Waals surface area contributed by atoms with Crippen LogP contribution in [-0.4, -0.2) is 22.1 Å². The second-order valence-corrected chi connectivity index (χ2v) is 7.22. The van der Waals surface area contributed by atoms with Gasteiger partial charge in [-0.05, 0) is 43.9 Å². The highest BCUT2D eigenvalue weighted by Crippen LogP contribution is 2.34. The fraction of sp³-hybridized carbons (Fsp3) is 0.350. The van der Waals surface area contributed by atoms with Crippen LogP contribution in [0.1, 0.15) is 30.4 Å². The molecule has 1 aliphatic heterocycles. The molecule has 0 bridgehead atoms. The average molecular weight is 407 g/mol. The molecule has 1 fully saturated rings. The number of hydrogen-bond acceptors (Lipinski definition) is 5. The third-order valence-corrected chi connectivity index (χ3v) is 5.31. The van der Waals surface area contributed by atoms with E-state index in [9.17, 15) is 17.6 Å². The van der Waals surface area contributed by atoms with Gasteiger partial charge in [-0.15, -0.1) is 0 Å². The zero-order valence-corrected chi connectivity index (χ0v) is 15.7. The Morgan fingerprint density at radius 2 is 2.00 bits per heavy atom. The molecule has 2 atom stereocenters. The number of aromatic nitrogens is 1. The lowest BCUT2D eigenvalue weighted by Gasteiger charge is -2.38. The van der Waals surface area contributed by atoms with Crippen LogP contribution < -0.4 is 15.9 Å². The summed E-state index contributed by atoms with van der Waals surface area (Å²) >= 11 is 0. The largest absolute Gasteiger partial charge is 0.417 e. The number of benzene rings is 1. The predicted molar refractivity (Wildman–Crippen MR) is 102 cm³/mol. The zero-order chi connectivity index (χ0) is 20.6. The number of nitrogens with zero attached hydrogens (tertiary/aromatic N) is 3. The molecular formula is C20H21F4N5. The Bertz CT molecular complexity index is 914. The molecule has 2 aromatic rings. The molecular weight excluding hydrogens is 386 g/mol. The predicted octanol–water partition coefficient (Wildman–Crippen LogP) is 4.59. The van der Waals surface area contributed by atoms with E-state index >= 15 is 0 Å². The van der Waals surface area contributed by atoms with Crippen LogP contribution in [0, 0.1) is 12.7 Å². The number of para-hydroxylation sites is 1. The maximum absolute atomic E-state index is 14.3. The molecule has 5 nitrogen and oxygen atoms in total. The van der Waals surface area contributed by atoms with Gasteiger partial charge in [-0.3, -0.25) is 10.4 Å². The van der Waals surface area contributed by atoms with Gasteiger partial charge in [0.2, 0.25) is 0 Å². The number of pyridine rings is 1. The maximum atomic E-state index is 14.3. The Labute approximate surface area is 166 Å². The third kappa shape index (κ3) is 3.81. The first-order valence-electron chi connectivity index (χ1n) is 9.41. The van der Waals surface area contributed by atoms with E-state index in [1.54, 1.807) is 0 Å². The average Bonchev–Trinajstić information content (AvgIpc) is 3.31. The molecule has 2 N–H and O–H groups in total. The van der Waals surface area contributed by atoms with Gasteiger partial charge in [0.15, 0.2) is 11.6 Å². The highest BCUT2D eigenvalue weighted by atomic mass is 19.4. The summed E-state index contributed by atoms with van der Waals surface area (Å²) < 4.78 is 52.5. The molecule has 4 rings (SSSR count). The topological polar surface area (TPSA) is 43.4 Å². The molecule has 1 aliphatic carbocycles. The molecule has 1 unspecified atom stereocenters. The van der Waals surface area contributed by atoms with Gasteiger partial charge in [-0.25, -0.2) is 9.37 Å². The van der Waals surface area contributed by atoms with Gasteiger partial charge in [0, 0.05) is 18.6 Å². The summed E-state index contributed by atoms with van der Waals surface area (Å²) in [5, 5.41) is 6.98. The minimum absolute atomic E-state index is 0.00986. The van der Waals surface area contributed by atoms with Crippen LogP contribution in [-0.2, 0) is 6.18 Å². The number of anilines is 2. The number of rotatable bonds is 4. The Kier molecular flexibility index (Phi) is 4.97. The van der Waals surface area contributed by atoms with Crippen LogP contribution in [0.3, 0.4) is 0 Å². The molecule has 0 saturated heterocycles. The van der Waals surface area contributed by atoms with Crippen LogP contribution >= 0.6 is 0 Å². The van der Waals surface area contributed by atoms with Crippen molar-refractivity contribution in [3.05, 3.63) is 65.9 Å². The zero-order valence-electron chi connectivity index (χ0n) is 15.7. The van der Waals surface area contributed by atoms with E-state index in [-0.39, 0.29) is 17.9 Å². The Morgan fingerprint density at radius 1 is 1.21 bits per heavy atom. The Balaban J connectivity index is 1.54. The van der Waals surface area contributed by atoms with Crippen molar-refractivity contribution < 1.29 is 17.6 Å². The van der Waals surface area contributed by atoms with Crippen LogP contribution in [0.25, 0.3) is 0 Å². The van der Waals surface area contributed by atoms with Crippen molar-refractivity contribution in [3.63, 3.8) is 0 Å². The molecule has 2 aliphatic rings. The summed E-state index contributed by atoms with van der Waals surface area (Å²) in [5.74, 6) is -1.16. The molecule has 0 amide bonds. The van der Waals surface area contributed by atoms with Crippen LogP contribution in [0.15, 0.2) is 48.9 Å². The smallest absolute Gasteiger partial charge is 0.363 e. The standard InChI is InChI=1S/C20H21F4N5/c1-13-5-2-3-7-17(13)29-26-9-10-28(29)18-8-4-6-16(18)27-19-15(21)11-14(12-25-19)20(22,23)24/h2-3,5,7,9-12,16,18,26H,4,6,8H2,1H3,(H,25,27)/t16-,18?/m0/s1. The van der Waals surface area contributed by atoms with E-state index < -0.39 is 17.6 Å². The van der Waals surface area contributed by atoms with Crippen molar-refractivity contribution >= 4 is 11.5 Å². The van der Waals surface area contributed by atoms with E-state index in [4.69, 9.17) is 0 Å². The highest BCUT2D eigenvalue weighted by Gasteiger charge is 2.37. The van der Waals surface area contributed by atoms with Crippen LogP contribution in [0.4, 0.5) is 29.1 Å². The minimum Gasteiger partial charge on any atom is -0.363 e. The molecule has 0 spiro atoms. The first kappa shape index (κ1) is 19.4. The number of nitrogens with one attached hydrogen (secondary N) is 2. The summed E-state index contributed by atoms with van der Waals surface area (Å²) in [4.78, 5) is 3.69. The van der Waals surface area contributed by atoms with Crippen LogP contribution in [0.2, 0.25) is 0 Å². The number of hydrogen-bond donors (Lipinski definition) is 2. The van der Waals surface area contributed by atoms with Crippen molar-refractivity contribution in [2.24, 2.45) is 0 Å². The number of aryl methyl sites for hydroxylation is 1. The van der Waals surface area contributed by atoms with Crippen molar-refractivity contribution in [3.8, 4) is 0 Å². The highest BCUT2D eigenvalue weighted by molar-refractivity contribution is 5.52. The lowest BCUT2D eigenvalue weighted by molar-refractivity contribution is -0.138. The van der Waals surface area contributed by atoms with Gasteiger partial charge < -0.3 is 5.32 Å². The number of hydrazine groups is 2. The van der Waals surface area contributed by atoms with Gasteiger partial charge in [-0.2, -0.15) is 18.3 Å². The van der Waals surface area contributed by atoms with Gasteiger partial charge in [0.1, 0.15) is 0 Å². The van der Waals surface area contributed by atoms with E-state index in [0.29, 0.717) is 12.3 Å². The minimum atomic E-state index is -4.62. The normalized spacial score (nSPS) is 21.6. The quantitative estimate of drug-likeness (QED) is 0.726. The summed E-state index contributed by atoms with van der Waals surface area (Å²) in [5.41, 5.74) is 4.18. The molecule has 29 heavy (non-hydrogen) atoms. The lowest BCUT2D eigenvalue weighted by Crippen LogP contribution is -2.51. The molecule has 1 aromatic carbocycles. The van der Waals surface area contributed by atoms with Gasteiger partial charge in [0.25, 0.3) is 0 Å². The molecule has 1 aromatic heterocycles. The van der Waals surface area contributed by atoms with Gasteiger partial charge in [-0.1, -0.05) is 18.2 Å².